The zero-order valence-corrected chi connectivity index (χ0v) is 18.0. The van der Waals surface area contributed by atoms with Gasteiger partial charge in [0.2, 0.25) is 0 Å². The number of hydrogen-bond acceptors (Lipinski definition) is 3. The van der Waals surface area contributed by atoms with Crippen molar-refractivity contribution < 1.29 is 9.47 Å². The molecule has 1 saturated carbocycles. The van der Waals surface area contributed by atoms with Crippen molar-refractivity contribution in [2.24, 2.45) is 0 Å². The van der Waals surface area contributed by atoms with E-state index in [2.05, 4.69) is 66.8 Å². The van der Waals surface area contributed by atoms with Gasteiger partial charge in [-0.3, -0.25) is 0 Å². The second-order valence-electron chi connectivity index (χ2n) is 8.96. The van der Waals surface area contributed by atoms with Crippen LogP contribution in [0.3, 0.4) is 0 Å². The Morgan fingerprint density at radius 3 is 2.63 bits per heavy atom. The first kappa shape index (κ1) is 19.4. The molecule has 1 aliphatic heterocycles. The fourth-order valence-electron chi connectivity index (χ4n) is 5.45. The average molecular weight is 402 g/mol. The molecule has 3 heteroatoms. The van der Waals surface area contributed by atoms with Crippen LogP contribution < -0.4 is 14.8 Å². The Labute approximate surface area is 179 Å². The summed E-state index contributed by atoms with van der Waals surface area (Å²) < 4.78 is 12.2. The van der Waals surface area contributed by atoms with Crippen LogP contribution in [-0.4, -0.2) is 12.7 Å². The van der Waals surface area contributed by atoms with Gasteiger partial charge in [-0.25, -0.2) is 0 Å². The van der Waals surface area contributed by atoms with E-state index in [0.29, 0.717) is 0 Å². The molecule has 3 aromatic carbocycles. The molecule has 1 fully saturated rings. The Kier molecular flexibility index (Phi) is 5.16. The maximum Gasteiger partial charge on any atom is 0.125 e. The number of methoxy groups -OCH3 is 1. The van der Waals surface area contributed by atoms with Gasteiger partial charge in [0.05, 0.1) is 7.11 Å². The van der Waals surface area contributed by atoms with E-state index in [4.69, 9.17) is 9.47 Å². The molecule has 0 bridgehead atoms. The highest BCUT2D eigenvalue weighted by molar-refractivity contribution is 5.86. The van der Waals surface area contributed by atoms with E-state index >= 15 is 0 Å². The summed E-state index contributed by atoms with van der Waals surface area (Å²) in [5.74, 6) is 1.91. The van der Waals surface area contributed by atoms with Crippen LogP contribution in [0, 0.1) is 0 Å². The van der Waals surface area contributed by atoms with Crippen molar-refractivity contribution in [2.45, 2.75) is 63.1 Å². The van der Waals surface area contributed by atoms with E-state index in [1.54, 1.807) is 7.11 Å². The van der Waals surface area contributed by atoms with Crippen LogP contribution in [0.15, 0.2) is 60.7 Å². The molecule has 0 radical (unpaired) electrons. The summed E-state index contributed by atoms with van der Waals surface area (Å²) in [5.41, 5.74) is 2.54. The van der Waals surface area contributed by atoms with Crippen LogP contribution in [0.4, 0.5) is 0 Å². The maximum absolute atomic E-state index is 6.65. The van der Waals surface area contributed by atoms with Crippen molar-refractivity contribution >= 4 is 10.8 Å². The first-order valence-electron chi connectivity index (χ1n) is 11.3. The highest BCUT2D eigenvalue weighted by atomic mass is 16.5. The molecule has 1 N–H and O–H groups in total. The topological polar surface area (TPSA) is 30.5 Å². The number of benzene rings is 3. The molecule has 0 aromatic heterocycles. The third-order valence-electron chi connectivity index (χ3n) is 7.00. The molecule has 1 unspecified atom stereocenters. The second-order valence-corrected chi connectivity index (χ2v) is 8.96. The molecule has 30 heavy (non-hydrogen) atoms. The Morgan fingerprint density at radius 2 is 1.80 bits per heavy atom. The monoisotopic (exact) mass is 401 g/mol. The number of hydrogen-bond donors (Lipinski definition) is 1. The van der Waals surface area contributed by atoms with Gasteiger partial charge in [0.15, 0.2) is 0 Å². The molecule has 0 saturated heterocycles. The molecule has 5 rings (SSSR count). The summed E-state index contributed by atoms with van der Waals surface area (Å²) in [5, 5.41) is 6.59. The first-order valence-corrected chi connectivity index (χ1v) is 11.3. The molecule has 156 valence electrons. The van der Waals surface area contributed by atoms with E-state index in [0.717, 1.165) is 30.8 Å². The fraction of sp³-hybridized carbons (Fsp3) is 0.407. The van der Waals surface area contributed by atoms with Gasteiger partial charge in [-0.1, -0.05) is 48.9 Å². The summed E-state index contributed by atoms with van der Waals surface area (Å²) in [4.78, 5) is 0. The lowest BCUT2D eigenvalue weighted by Gasteiger charge is -2.45. The van der Waals surface area contributed by atoms with E-state index in [9.17, 15) is 0 Å². The number of ether oxygens (including phenoxy) is 2. The van der Waals surface area contributed by atoms with E-state index in [-0.39, 0.29) is 17.7 Å². The van der Waals surface area contributed by atoms with Gasteiger partial charge in [-0.05, 0) is 67.1 Å². The second kappa shape index (κ2) is 7.96. The molecule has 1 aliphatic carbocycles. The van der Waals surface area contributed by atoms with Crippen LogP contribution in [0.5, 0.6) is 11.5 Å². The van der Waals surface area contributed by atoms with E-state index in [1.165, 1.54) is 41.2 Å². The normalized spacial score (nSPS) is 21.1. The third-order valence-corrected chi connectivity index (χ3v) is 7.00. The van der Waals surface area contributed by atoms with Gasteiger partial charge in [0, 0.05) is 24.1 Å². The lowest BCUT2D eigenvalue weighted by atomic mass is 9.76. The van der Waals surface area contributed by atoms with E-state index in [1.807, 2.05) is 6.07 Å². The van der Waals surface area contributed by atoms with Crippen molar-refractivity contribution in [3.05, 3.63) is 71.8 Å². The minimum Gasteiger partial charge on any atom is -0.497 e. The molecule has 2 atom stereocenters. The lowest BCUT2D eigenvalue weighted by Crippen LogP contribution is -2.45. The largest absolute Gasteiger partial charge is 0.497 e. The van der Waals surface area contributed by atoms with Crippen LogP contribution in [0.25, 0.3) is 10.8 Å². The van der Waals surface area contributed by atoms with Crippen LogP contribution in [0.1, 0.15) is 68.7 Å². The molecule has 3 nitrogen and oxygen atoms in total. The van der Waals surface area contributed by atoms with Crippen molar-refractivity contribution in [2.75, 3.05) is 7.11 Å². The first-order chi connectivity index (χ1) is 14.7. The van der Waals surface area contributed by atoms with E-state index < -0.39 is 0 Å². The molecular weight excluding hydrogens is 370 g/mol. The predicted molar refractivity (Wildman–Crippen MR) is 122 cm³/mol. The highest BCUT2D eigenvalue weighted by Crippen LogP contribution is 2.47. The summed E-state index contributed by atoms with van der Waals surface area (Å²) >= 11 is 0. The summed E-state index contributed by atoms with van der Waals surface area (Å²) in [6.45, 7) is 2.28. The zero-order valence-electron chi connectivity index (χ0n) is 18.0. The third kappa shape index (κ3) is 3.56. The smallest absolute Gasteiger partial charge is 0.125 e. The predicted octanol–water partition coefficient (Wildman–Crippen LogP) is 6.73. The van der Waals surface area contributed by atoms with Crippen molar-refractivity contribution in [1.82, 2.24) is 5.32 Å². The van der Waals surface area contributed by atoms with Gasteiger partial charge in [-0.2, -0.15) is 0 Å². The van der Waals surface area contributed by atoms with Gasteiger partial charge in [0.25, 0.3) is 0 Å². The molecule has 1 heterocycles. The van der Waals surface area contributed by atoms with Gasteiger partial charge < -0.3 is 14.8 Å². The Hall–Kier alpha value is -2.52. The number of rotatable bonds is 4. The Bertz CT molecular complexity index is 1030. The minimum absolute atomic E-state index is 0.0318. The molecule has 2 aliphatic rings. The Balaban J connectivity index is 1.50. The summed E-state index contributed by atoms with van der Waals surface area (Å²) in [6, 6.07) is 22.0. The molecule has 1 spiro atoms. The highest BCUT2D eigenvalue weighted by Gasteiger charge is 2.42. The van der Waals surface area contributed by atoms with Gasteiger partial charge in [-0.15, -0.1) is 0 Å². The summed E-state index contributed by atoms with van der Waals surface area (Å²) in [6.07, 6.45) is 7.17. The van der Waals surface area contributed by atoms with Crippen LogP contribution >= 0.6 is 0 Å². The van der Waals surface area contributed by atoms with Gasteiger partial charge >= 0.3 is 0 Å². The van der Waals surface area contributed by atoms with Crippen molar-refractivity contribution in [3.63, 3.8) is 0 Å². The zero-order chi connectivity index (χ0) is 20.6. The van der Waals surface area contributed by atoms with Crippen molar-refractivity contribution in [1.29, 1.82) is 0 Å². The van der Waals surface area contributed by atoms with Crippen LogP contribution in [-0.2, 0) is 0 Å². The lowest BCUT2D eigenvalue weighted by molar-refractivity contribution is -0.00397. The van der Waals surface area contributed by atoms with Crippen molar-refractivity contribution in [3.8, 4) is 11.5 Å². The van der Waals surface area contributed by atoms with Crippen LogP contribution in [0.2, 0.25) is 0 Å². The molecule has 3 aromatic rings. The average Bonchev–Trinajstić information content (AvgIpc) is 2.79. The number of fused-ring (bicyclic) bond motifs is 2. The fourth-order valence-corrected chi connectivity index (χ4v) is 5.45. The maximum atomic E-state index is 6.65. The minimum atomic E-state index is -0.0318. The SMILES string of the molecule is COc1ccc2c(c1)[C@H](NC(C)c1cccc3ccccc13)CC1(CCCCC1)O2. The Morgan fingerprint density at radius 1 is 1.00 bits per heavy atom. The number of nitrogens with one attached hydrogen (secondary N) is 1. The molecule has 0 amide bonds. The van der Waals surface area contributed by atoms with Gasteiger partial charge in [0.1, 0.15) is 17.1 Å². The quantitative estimate of drug-likeness (QED) is 0.526. The standard InChI is InChI=1S/C27H31NO2/c1-19(22-12-8-10-20-9-4-5-11-23(20)22)28-25-18-27(15-6-3-7-16-27)30-26-14-13-21(29-2)17-24(25)26/h4-5,8-14,17,19,25,28H,3,6-7,15-16,18H2,1-2H3/t19?,25-/m1/s1. The molecular formula is C27H31NO2. The summed E-state index contributed by atoms with van der Waals surface area (Å²) in [7, 11) is 1.73.